The van der Waals surface area contributed by atoms with Gasteiger partial charge in [-0.1, -0.05) is 254 Å². The lowest BCUT2D eigenvalue weighted by atomic mass is 10.0. The molecule has 0 aromatic heterocycles. The van der Waals surface area contributed by atoms with Crippen LogP contribution in [0.5, 0.6) is 0 Å². The van der Waals surface area contributed by atoms with Crippen molar-refractivity contribution in [2.45, 2.75) is 284 Å². The molecule has 382 valence electrons. The Labute approximate surface area is 410 Å². The summed E-state index contributed by atoms with van der Waals surface area (Å²) in [6.45, 7) is 7.66. The smallest absolute Gasteiger partial charge is 0.306 e. The summed E-state index contributed by atoms with van der Waals surface area (Å²) in [6, 6.07) is 0. The SMILES string of the molecule is CC/C=C\C/C=C\C/C=C\C/C=C\C/C=C\CCCC(=O)OC(COCCCCCCCC/C=C\CCCCCC)COC(=O)CCCCCCCCCCCCCCCCCCCCC. The van der Waals surface area contributed by atoms with Crippen LogP contribution in [-0.2, 0) is 23.8 Å². The molecule has 0 radical (unpaired) electrons. The maximum atomic E-state index is 12.8. The molecule has 5 heteroatoms. The highest BCUT2D eigenvalue weighted by Crippen LogP contribution is 2.16. The Hall–Kier alpha value is -2.66. The van der Waals surface area contributed by atoms with Gasteiger partial charge in [-0.05, 0) is 83.5 Å². The predicted molar refractivity (Wildman–Crippen MR) is 288 cm³/mol. The fourth-order valence-electron chi connectivity index (χ4n) is 8.01. The van der Waals surface area contributed by atoms with Crippen molar-refractivity contribution in [3.05, 3.63) is 72.9 Å². The maximum absolute atomic E-state index is 12.8. The summed E-state index contributed by atoms with van der Waals surface area (Å²) in [6.07, 6.45) is 73.6. The minimum absolute atomic E-state index is 0.0612. The molecule has 0 heterocycles. The first-order valence-electron chi connectivity index (χ1n) is 28.5. The van der Waals surface area contributed by atoms with Crippen LogP contribution in [0.25, 0.3) is 0 Å². The van der Waals surface area contributed by atoms with E-state index in [0.717, 1.165) is 70.6 Å². The Kier molecular flexibility index (Phi) is 54.4. The van der Waals surface area contributed by atoms with Crippen LogP contribution in [0, 0.1) is 0 Å². The highest BCUT2D eigenvalue weighted by Gasteiger charge is 2.17. The molecule has 0 saturated heterocycles. The van der Waals surface area contributed by atoms with Gasteiger partial charge in [0.2, 0.25) is 0 Å². The molecule has 0 saturated carbocycles. The summed E-state index contributed by atoms with van der Waals surface area (Å²) in [7, 11) is 0. The molecule has 1 unspecified atom stereocenters. The largest absolute Gasteiger partial charge is 0.462 e. The van der Waals surface area contributed by atoms with E-state index in [1.807, 2.05) is 0 Å². The molecule has 0 aromatic carbocycles. The summed E-state index contributed by atoms with van der Waals surface area (Å²) in [5.41, 5.74) is 0. The van der Waals surface area contributed by atoms with Crippen molar-refractivity contribution in [3.63, 3.8) is 0 Å². The summed E-state index contributed by atoms with van der Waals surface area (Å²) in [4.78, 5) is 25.5. The standard InChI is InChI=1S/C61H108O5/c1-4-7-10-13-16-19-22-25-28-30-31-33-34-36-39-42-45-48-51-54-60(62)65-58-59(57-64-56-53-50-47-44-41-38-27-24-21-18-15-12-9-6-3)66-61(63)55-52-49-46-43-40-37-35-32-29-26-23-20-17-14-11-8-5-2/h8,11,17,20-21,24,26,29,35,37,43,46,59H,4-7,9-10,12-16,18-19,22-23,25,27-28,30-34,36,38-42,44-45,47-58H2,1-3H3/b11-8-,20-17-,24-21-,29-26-,37-35-,46-43-. The number of esters is 2. The fraction of sp³-hybridized carbons (Fsp3) is 0.770. The number of allylic oxidation sites excluding steroid dienone is 12. The zero-order chi connectivity index (χ0) is 47.7. The van der Waals surface area contributed by atoms with Crippen LogP contribution in [0.4, 0.5) is 0 Å². The van der Waals surface area contributed by atoms with Crippen LogP contribution >= 0.6 is 0 Å². The Bertz CT molecular complexity index is 1180. The lowest BCUT2D eigenvalue weighted by Gasteiger charge is -2.18. The number of hydrogen-bond donors (Lipinski definition) is 0. The molecule has 0 aromatic rings. The van der Waals surface area contributed by atoms with E-state index in [4.69, 9.17) is 14.2 Å². The molecule has 0 rings (SSSR count). The molecule has 0 spiro atoms. The summed E-state index contributed by atoms with van der Waals surface area (Å²) in [5, 5.41) is 0. The Morgan fingerprint density at radius 2 is 0.697 bits per heavy atom. The van der Waals surface area contributed by atoms with E-state index in [1.165, 1.54) is 173 Å². The van der Waals surface area contributed by atoms with Gasteiger partial charge in [-0.3, -0.25) is 9.59 Å². The van der Waals surface area contributed by atoms with Gasteiger partial charge in [0.25, 0.3) is 0 Å². The first-order chi connectivity index (χ1) is 32.6. The predicted octanol–water partition coefficient (Wildman–Crippen LogP) is 19.5. The van der Waals surface area contributed by atoms with Gasteiger partial charge in [-0.2, -0.15) is 0 Å². The highest BCUT2D eigenvalue weighted by atomic mass is 16.6. The molecule has 0 aliphatic carbocycles. The lowest BCUT2D eigenvalue weighted by Crippen LogP contribution is -2.30. The van der Waals surface area contributed by atoms with Crippen molar-refractivity contribution in [2.24, 2.45) is 0 Å². The van der Waals surface area contributed by atoms with Gasteiger partial charge in [0.15, 0.2) is 6.10 Å². The van der Waals surface area contributed by atoms with Crippen molar-refractivity contribution in [1.82, 2.24) is 0 Å². The van der Waals surface area contributed by atoms with Gasteiger partial charge >= 0.3 is 11.9 Å². The van der Waals surface area contributed by atoms with Crippen molar-refractivity contribution in [3.8, 4) is 0 Å². The average Bonchev–Trinajstić information content (AvgIpc) is 3.32. The van der Waals surface area contributed by atoms with Crippen molar-refractivity contribution in [2.75, 3.05) is 19.8 Å². The van der Waals surface area contributed by atoms with Gasteiger partial charge in [-0.25, -0.2) is 0 Å². The molecule has 0 N–H and O–H groups in total. The molecular formula is C61H108O5. The third-order valence-electron chi connectivity index (χ3n) is 12.2. The molecule has 0 amide bonds. The third-order valence-corrected chi connectivity index (χ3v) is 12.2. The van der Waals surface area contributed by atoms with Gasteiger partial charge in [0.05, 0.1) is 6.61 Å². The fourth-order valence-corrected chi connectivity index (χ4v) is 8.01. The summed E-state index contributed by atoms with van der Waals surface area (Å²) in [5.74, 6) is -0.457. The maximum Gasteiger partial charge on any atom is 0.306 e. The molecule has 0 bridgehead atoms. The van der Waals surface area contributed by atoms with Crippen LogP contribution in [0.15, 0.2) is 72.9 Å². The summed E-state index contributed by atoms with van der Waals surface area (Å²) >= 11 is 0. The Morgan fingerprint density at radius 3 is 1.17 bits per heavy atom. The van der Waals surface area contributed by atoms with E-state index >= 15 is 0 Å². The van der Waals surface area contributed by atoms with Gasteiger partial charge in [0, 0.05) is 19.4 Å². The zero-order valence-corrected chi connectivity index (χ0v) is 44.0. The monoisotopic (exact) mass is 921 g/mol. The van der Waals surface area contributed by atoms with Gasteiger partial charge in [0.1, 0.15) is 6.61 Å². The van der Waals surface area contributed by atoms with Crippen LogP contribution in [0.2, 0.25) is 0 Å². The molecule has 66 heavy (non-hydrogen) atoms. The quantitative estimate of drug-likeness (QED) is 0.0346. The normalized spacial score (nSPS) is 12.7. The molecule has 0 aliphatic rings. The summed E-state index contributed by atoms with van der Waals surface area (Å²) < 4.78 is 17.4. The topological polar surface area (TPSA) is 61.8 Å². The van der Waals surface area contributed by atoms with E-state index in [1.54, 1.807) is 0 Å². The van der Waals surface area contributed by atoms with Gasteiger partial charge < -0.3 is 14.2 Å². The number of unbranched alkanes of at least 4 members (excludes halogenated alkanes) is 29. The average molecular weight is 922 g/mol. The first kappa shape index (κ1) is 63.3. The third kappa shape index (κ3) is 54.0. The molecule has 1 atom stereocenters. The van der Waals surface area contributed by atoms with Crippen LogP contribution in [-0.4, -0.2) is 37.9 Å². The Balaban J connectivity index is 4.32. The van der Waals surface area contributed by atoms with Gasteiger partial charge in [-0.15, -0.1) is 0 Å². The minimum atomic E-state index is -0.569. The number of rotatable bonds is 52. The van der Waals surface area contributed by atoms with E-state index in [0.29, 0.717) is 19.4 Å². The molecule has 0 aliphatic heterocycles. The number of ether oxygens (including phenoxy) is 3. The molecular weight excluding hydrogens is 813 g/mol. The van der Waals surface area contributed by atoms with Crippen molar-refractivity contribution in [1.29, 1.82) is 0 Å². The van der Waals surface area contributed by atoms with E-state index in [-0.39, 0.29) is 25.2 Å². The molecule has 5 nitrogen and oxygen atoms in total. The van der Waals surface area contributed by atoms with Crippen LogP contribution < -0.4 is 0 Å². The molecule has 0 fully saturated rings. The van der Waals surface area contributed by atoms with Crippen LogP contribution in [0.1, 0.15) is 278 Å². The lowest BCUT2D eigenvalue weighted by molar-refractivity contribution is -0.162. The second-order valence-electron chi connectivity index (χ2n) is 18.8. The Morgan fingerprint density at radius 1 is 0.348 bits per heavy atom. The minimum Gasteiger partial charge on any atom is -0.462 e. The zero-order valence-electron chi connectivity index (χ0n) is 44.0. The second kappa shape index (κ2) is 56.7. The van der Waals surface area contributed by atoms with Crippen molar-refractivity contribution >= 4 is 11.9 Å². The second-order valence-corrected chi connectivity index (χ2v) is 18.8. The highest BCUT2D eigenvalue weighted by molar-refractivity contribution is 5.70. The van der Waals surface area contributed by atoms with E-state index in [9.17, 15) is 9.59 Å². The first-order valence-corrected chi connectivity index (χ1v) is 28.5. The number of carbonyl (C=O) groups excluding carboxylic acids is 2. The van der Waals surface area contributed by atoms with E-state index in [2.05, 4.69) is 93.7 Å². The number of carbonyl (C=O) groups is 2. The van der Waals surface area contributed by atoms with E-state index < -0.39 is 6.10 Å². The number of hydrogen-bond acceptors (Lipinski definition) is 5. The van der Waals surface area contributed by atoms with Crippen LogP contribution in [0.3, 0.4) is 0 Å². The van der Waals surface area contributed by atoms with Crippen molar-refractivity contribution < 1.29 is 23.8 Å².